The van der Waals surface area contributed by atoms with Gasteiger partial charge in [-0.05, 0) is 12.7 Å². The maximum absolute atomic E-state index is 9.70. The van der Waals surface area contributed by atoms with Crippen LogP contribution >= 0.6 is 0 Å². The van der Waals surface area contributed by atoms with Gasteiger partial charge in [-0.25, -0.2) is 0 Å². The maximum atomic E-state index is 9.70. The molecule has 0 saturated heterocycles. The molecule has 0 unspecified atom stereocenters. The molecular weight excluding hydrogens is 248 g/mol. The normalized spacial score (nSPS) is 9.27. The number of carbonyl (C=O) groups excluding carboxylic acids is 1. The fourth-order valence-corrected chi connectivity index (χ4v) is 0.437. The summed E-state index contributed by atoms with van der Waals surface area (Å²) in [5.74, 6) is 0.748. The van der Waals surface area contributed by atoms with Crippen molar-refractivity contribution in [1.82, 2.24) is 5.16 Å². The SMILES string of the molecule is CC(C)(C)[C-]=O.Cc1[c-]c(C)on1.[O]=[Zn]. The molecule has 1 aromatic heterocycles. The van der Waals surface area contributed by atoms with Crippen molar-refractivity contribution in [3.8, 4) is 0 Å². The second-order valence-corrected chi connectivity index (χ2v) is 3.80. The van der Waals surface area contributed by atoms with Crippen LogP contribution < -0.4 is 0 Å². The van der Waals surface area contributed by atoms with Gasteiger partial charge < -0.3 is 15.4 Å². The van der Waals surface area contributed by atoms with Gasteiger partial charge in [0.05, 0.1) is 0 Å². The van der Waals surface area contributed by atoms with E-state index in [0.717, 1.165) is 11.5 Å². The van der Waals surface area contributed by atoms with Gasteiger partial charge in [-0.2, -0.15) is 0 Å². The minimum absolute atomic E-state index is 0.125. The molecule has 0 N–H and O–H groups in total. The fraction of sp³-hybridized carbons (Fsp3) is 0.600. The van der Waals surface area contributed by atoms with Gasteiger partial charge in [0.25, 0.3) is 0 Å². The third-order valence-corrected chi connectivity index (χ3v) is 0.983. The molecule has 0 bridgehead atoms. The average Bonchev–Trinajstić information content (AvgIpc) is 2.53. The third kappa shape index (κ3) is 13.3. The van der Waals surface area contributed by atoms with Crippen LogP contribution in [0.3, 0.4) is 0 Å². The van der Waals surface area contributed by atoms with E-state index in [2.05, 4.69) is 15.7 Å². The van der Waals surface area contributed by atoms with Gasteiger partial charge in [-0.3, -0.25) is 6.29 Å². The zero-order valence-corrected chi connectivity index (χ0v) is 12.8. The second kappa shape index (κ2) is 8.60. The molecular formula is C10H15NO3Zn-2. The number of aromatic nitrogens is 1. The molecule has 1 rings (SSSR count). The van der Waals surface area contributed by atoms with E-state index in [1.54, 1.807) is 0 Å². The molecule has 0 radical (unpaired) electrons. The van der Waals surface area contributed by atoms with Crippen LogP contribution in [0, 0.1) is 25.3 Å². The molecule has 0 aliphatic carbocycles. The first-order valence-electron chi connectivity index (χ1n) is 4.35. The van der Waals surface area contributed by atoms with Gasteiger partial charge in [0.1, 0.15) is 0 Å². The summed E-state index contributed by atoms with van der Waals surface area (Å²) < 4.78 is 13.0. The monoisotopic (exact) mass is 261 g/mol. The number of aryl methyl sites for hydroxylation is 2. The van der Waals surface area contributed by atoms with Crippen molar-refractivity contribution < 1.29 is 31.1 Å². The standard InChI is InChI=1S/C5H6NO.C5H9O.O.Zn/c1-4-3-5(2)7-6-4;1-5(2,3)4-6;;/h1-2H3;1-3H3;;/q2*-1;;. The Hall–Kier alpha value is -0.697. The zero-order chi connectivity index (χ0) is 12.5. The van der Waals surface area contributed by atoms with E-state index in [1.807, 2.05) is 40.9 Å². The molecule has 0 aromatic carbocycles. The molecule has 1 aromatic rings. The zero-order valence-electron chi connectivity index (χ0n) is 9.88. The van der Waals surface area contributed by atoms with Crippen LogP contribution in [0.4, 0.5) is 0 Å². The summed E-state index contributed by atoms with van der Waals surface area (Å²) >= 11 is 0.125. The Morgan fingerprint density at radius 3 is 1.80 bits per heavy atom. The number of hydrogen-bond acceptors (Lipinski definition) is 4. The molecule has 5 heteroatoms. The van der Waals surface area contributed by atoms with E-state index in [0.29, 0.717) is 0 Å². The number of rotatable bonds is 0. The van der Waals surface area contributed by atoms with Crippen molar-refractivity contribution in [2.75, 3.05) is 0 Å². The van der Waals surface area contributed by atoms with E-state index in [-0.39, 0.29) is 23.7 Å². The molecule has 4 nitrogen and oxygen atoms in total. The Balaban J connectivity index is 0. The van der Waals surface area contributed by atoms with Gasteiger partial charge in [0, 0.05) is 0 Å². The minimum atomic E-state index is -0.264. The van der Waals surface area contributed by atoms with Gasteiger partial charge in [0.2, 0.25) is 0 Å². The van der Waals surface area contributed by atoms with Gasteiger partial charge >= 0.3 is 21.8 Å². The summed E-state index contributed by atoms with van der Waals surface area (Å²) in [5, 5.41) is 3.59. The van der Waals surface area contributed by atoms with E-state index >= 15 is 0 Å². The van der Waals surface area contributed by atoms with Crippen LogP contribution in [0.5, 0.6) is 0 Å². The van der Waals surface area contributed by atoms with Crippen LogP contribution in [-0.4, -0.2) is 11.4 Å². The topological polar surface area (TPSA) is 60.2 Å². The van der Waals surface area contributed by atoms with Crippen LogP contribution in [0.25, 0.3) is 0 Å². The second-order valence-electron chi connectivity index (χ2n) is 3.80. The summed E-state index contributed by atoms with van der Waals surface area (Å²) in [6, 6.07) is 2.86. The first-order valence-corrected chi connectivity index (χ1v) is 5.56. The van der Waals surface area contributed by atoms with Gasteiger partial charge in [-0.15, -0.1) is 10.6 Å². The Labute approximate surface area is 100 Å². The quantitative estimate of drug-likeness (QED) is 0.531. The average molecular weight is 263 g/mol. The van der Waals surface area contributed by atoms with Gasteiger partial charge in [0.15, 0.2) is 0 Å². The molecule has 0 atom stereocenters. The first kappa shape index (κ1) is 16.7. The number of hydrogen-bond donors (Lipinski definition) is 0. The van der Waals surface area contributed by atoms with Crippen molar-refractivity contribution in [1.29, 1.82) is 0 Å². The number of nitrogens with zero attached hydrogens (tertiary/aromatic N) is 1. The van der Waals surface area contributed by atoms with E-state index < -0.39 is 0 Å². The molecule has 0 aliphatic rings. The predicted octanol–water partition coefficient (Wildman–Crippen LogP) is 2.11. The van der Waals surface area contributed by atoms with E-state index in [1.165, 1.54) is 0 Å². The summed E-state index contributed by atoms with van der Waals surface area (Å²) in [4.78, 5) is 9.70. The molecule has 1 heterocycles. The molecule has 0 spiro atoms. The summed E-state index contributed by atoms with van der Waals surface area (Å²) in [7, 11) is 0. The Bertz CT molecular complexity index is 262. The van der Waals surface area contributed by atoms with Crippen molar-refractivity contribution in [2.24, 2.45) is 5.41 Å². The van der Waals surface area contributed by atoms with Crippen LogP contribution in [0.15, 0.2) is 4.52 Å². The van der Waals surface area contributed by atoms with Crippen LogP contribution in [0.1, 0.15) is 32.2 Å². The van der Waals surface area contributed by atoms with Crippen LogP contribution in [0.2, 0.25) is 0 Å². The van der Waals surface area contributed by atoms with Crippen molar-refractivity contribution in [2.45, 2.75) is 34.6 Å². The fourth-order valence-electron chi connectivity index (χ4n) is 0.437. The van der Waals surface area contributed by atoms with E-state index in [4.69, 9.17) is 3.57 Å². The van der Waals surface area contributed by atoms with Crippen LogP contribution in [-0.2, 0) is 26.6 Å². The first-order chi connectivity index (χ1) is 6.85. The Morgan fingerprint density at radius 2 is 1.73 bits per heavy atom. The van der Waals surface area contributed by atoms with E-state index in [9.17, 15) is 4.79 Å². The third-order valence-electron chi connectivity index (χ3n) is 0.983. The van der Waals surface area contributed by atoms with Crippen molar-refractivity contribution in [3.63, 3.8) is 0 Å². The summed E-state index contributed by atoms with van der Waals surface area (Å²) in [6.07, 6.45) is 1.85. The molecule has 0 amide bonds. The summed E-state index contributed by atoms with van der Waals surface area (Å²) in [5.41, 5.74) is 0.553. The van der Waals surface area contributed by atoms with Crippen molar-refractivity contribution >= 4 is 6.29 Å². The Kier molecular flexibility index (Phi) is 9.59. The molecule has 15 heavy (non-hydrogen) atoms. The molecule has 82 valence electrons. The summed E-state index contributed by atoms with van der Waals surface area (Å²) in [6.45, 7) is 9.12. The van der Waals surface area contributed by atoms with Crippen molar-refractivity contribution in [3.05, 3.63) is 17.5 Å². The molecule has 0 aliphatic heterocycles. The molecule has 0 saturated carbocycles. The van der Waals surface area contributed by atoms with Gasteiger partial charge in [-0.1, -0.05) is 33.4 Å². The predicted molar refractivity (Wildman–Crippen MR) is 50.6 cm³/mol. The molecule has 0 fully saturated rings. The Morgan fingerprint density at radius 1 is 1.33 bits per heavy atom.